The van der Waals surface area contributed by atoms with E-state index in [1.54, 1.807) is 13.8 Å². The van der Waals surface area contributed by atoms with Gasteiger partial charge in [-0.15, -0.1) is 0 Å². The first-order chi connectivity index (χ1) is 22.8. The first-order valence-electron chi connectivity index (χ1n) is 18.0. The van der Waals surface area contributed by atoms with Gasteiger partial charge in [-0.3, -0.25) is 4.79 Å². The van der Waals surface area contributed by atoms with Gasteiger partial charge in [0.25, 0.3) is 0 Å². The van der Waals surface area contributed by atoms with E-state index in [4.69, 9.17) is 9.47 Å². The van der Waals surface area contributed by atoms with E-state index >= 15 is 0 Å². The fraction of sp³-hybridized carbons (Fsp3) is 0.917. The Bertz CT molecular complexity index is 1370. The number of esters is 1. The van der Waals surface area contributed by atoms with E-state index in [0.717, 1.165) is 0 Å². The van der Waals surface area contributed by atoms with Crippen LogP contribution in [-0.2, 0) is 14.3 Å². The van der Waals surface area contributed by atoms with Crippen LogP contribution in [0.4, 0.5) is 0 Å². The lowest BCUT2D eigenvalue weighted by atomic mass is 9.35. The molecule has 49 heavy (non-hydrogen) atoms. The highest BCUT2D eigenvalue weighted by molar-refractivity contribution is 5.79. The van der Waals surface area contributed by atoms with E-state index in [2.05, 4.69) is 19.1 Å². The summed E-state index contributed by atoms with van der Waals surface area (Å²) >= 11 is 0. The van der Waals surface area contributed by atoms with Crippen molar-refractivity contribution in [2.45, 2.75) is 127 Å². The van der Waals surface area contributed by atoms with E-state index in [1.807, 2.05) is 6.92 Å². The zero-order valence-corrected chi connectivity index (χ0v) is 28.9. The average Bonchev–Trinajstić information content (AvgIpc) is 3.78. The number of fused-ring (bicyclic) bond motifs is 4. The Morgan fingerprint density at radius 1 is 0.837 bits per heavy atom. The van der Waals surface area contributed by atoms with E-state index in [-0.39, 0.29) is 25.0 Å². The molecule has 6 fully saturated rings. The third-order valence-electron chi connectivity index (χ3n) is 16.3. The molecule has 0 aromatic heterocycles. The Morgan fingerprint density at radius 3 is 2.16 bits per heavy atom. The minimum atomic E-state index is -1.78. The molecule has 19 atom stereocenters. The number of rotatable bonds is 5. The van der Waals surface area contributed by atoms with Gasteiger partial charge in [0.05, 0.1) is 36.4 Å². The van der Waals surface area contributed by atoms with Gasteiger partial charge in [-0.1, -0.05) is 32.9 Å². The second-order valence-electron chi connectivity index (χ2n) is 17.9. The normalized spacial score (nSPS) is 60.6. The maximum absolute atomic E-state index is 14.6. The van der Waals surface area contributed by atoms with Crippen LogP contribution in [0.25, 0.3) is 0 Å². The highest BCUT2D eigenvalue weighted by Crippen LogP contribution is 2.90. The van der Waals surface area contributed by atoms with Gasteiger partial charge in [0.15, 0.2) is 0 Å². The Labute approximate surface area is 286 Å². The molecule has 13 heteroatoms. The predicted octanol–water partition coefficient (Wildman–Crippen LogP) is -1.04. The molecule has 0 aromatic carbocycles. The molecular formula is C36H56O13. The summed E-state index contributed by atoms with van der Waals surface area (Å²) in [6.07, 6.45) is -4.53. The quantitative estimate of drug-likeness (QED) is 0.122. The molecule has 1 saturated heterocycles. The Morgan fingerprint density at radius 2 is 1.53 bits per heavy atom. The van der Waals surface area contributed by atoms with Crippen LogP contribution in [0.15, 0.2) is 12.2 Å². The van der Waals surface area contributed by atoms with Crippen molar-refractivity contribution in [3.05, 3.63) is 12.2 Å². The molecule has 10 N–H and O–H groups in total. The van der Waals surface area contributed by atoms with E-state index in [0.29, 0.717) is 44.9 Å². The van der Waals surface area contributed by atoms with Crippen molar-refractivity contribution in [3.63, 3.8) is 0 Å². The largest absolute Gasteiger partial charge is 0.432 e. The van der Waals surface area contributed by atoms with Crippen LogP contribution in [0, 0.1) is 56.2 Å². The summed E-state index contributed by atoms with van der Waals surface area (Å²) in [5.74, 6) is -2.56. The molecule has 1 heterocycles. The van der Waals surface area contributed by atoms with Crippen molar-refractivity contribution >= 4 is 5.97 Å². The molecule has 7 rings (SSSR count). The third kappa shape index (κ3) is 4.12. The zero-order valence-electron chi connectivity index (χ0n) is 28.9. The monoisotopic (exact) mass is 696 g/mol. The van der Waals surface area contributed by atoms with Crippen molar-refractivity contribution in [2.75, 3.05) is 19.8 Å². The summed E-state index contributed by atoms with van der Waals surface area (Å²) in [4.78, 5) is 14.6. The minimum absolute atomic E-state index is 0.270. The number of hydrogen-bond donors (Lipinski definition) is 10. The second-order valence-corrected chi connectivity index (χ2v) is 17.9. The average molecular weight is 697 g/mol. The molecule has 5 saturated carbocycles. The smallest absolute Gasteiger partial charge is 0.314 e. The second kappa shape index (κ2) is 11.1. The molecule has 0 spiro atoms. The minimum Gasteiger partial charge on any atom is -0.432 e. The van der Waals surface area contributed by atoms with Gasteiger partial charge in [0.2, 0.25) is 6.29 Å². The van der Waals surface area contributed by atoms with Crippen LogP contribution in [0.3, 0.4) is 0 Å². The van der Waals surface area contributed by atoms with Crippen molar-refractivity contribution in [1.82, 2.24) is 0 Å². The molecule has 7 aliphatic rings. The topological polar surface area (TPSA) is 238 Å². The fourth-order valence-corrected chi connectivity index (χ4v) is 13.7. The van der Waals surface area contributed by atoms with Crippen LogP contribution in [-0.4, -0.2) is 131 Å². The van der Waals surface area contributed by atoms with Crippen LogP contribution in [0.1, 0.15) is 72.6 Å². The van der Waals surface area contributed by atoms with Crippen molar-refractivity contribution in [3.8, 4) is 0 Å². The maximum Gasteiger partial charge on any atom is 0.314 e. The molecule has 0 radical (unpaired) electrons. The molecule has 0 bridgehead atoms. The maximum atomic E-state index is 14.6. The predicted molar refractivity (Wildman–Crippen MR) is 170 cm³/mol. The number of carbonyl (C=O) groups is 1. The van der Waals surface area contributed by atoms with Crippen molar-refractivity contribution in [1.29, 1.82) is 0 Å². The molecule has 0 amide bonds. The first kappa shape index (κ1) is 36.1. The number of aliphatic hydroxyl groups is 10. The van der Waals surface area contributed by atoms with E-state index < -0.39 is 112 Å². The van der Waals surface area contributed by atoms with Crippen molar-refractivity contribution < 1.29 is 65.3 Å². The first-order valence-corrected chi connectivity index (χ1v) is 18.0. The summed E-state index contributed by atoms with van der Waals surface area (Å²) in [7, 11) is 0. The highest BCUT2D eigenvalue weighted by Gasteiger charge is 2.87. The van der Waals surface area contributed by atoms with Crippen molar-refractivity contribution in [2.24, 2.45) is 56.2 Å². The number of aliphatic hydroxyl groups excluding tert-OH is 9. The molecule has 0 aromatic rings. The number of ether oxygens (including phenoxy) is 2. The molecule has 0 unspecified atom stereocenters. The number of allylic oxidation sites excluding steroid dienone is 2. The molecule has 1 aliphatic heterocycles. The number of hydrogen-bond acceptors (Lipinski definition) is 13. The molecule has 278 valence electrons. The summed E-state index contributed by atoms with van der Waals surface area (Å²) in [5.41, 5.74) is -6.35. The Kier molecular flexibility index (Phi) is 8.22. The lowest BCUT2D eigenvalue weighted by molar-refractivity contribution is -0.302. The van der Waals surface area contributed by atoms with E-state index in [1.165, 1.54) is 0 Å². The van der Waals surface area contributed by atoms with Gasteiger partial charge in [-0.25, -0.2) is 0 Å². The molecule has 6 aliphatic carbocycles. The Hall–Kier alpha value is -1.23. The lowest BCUT2D eigenvalue weighted by Crippen LogP contribution is -2.72. The standard InChI is InChI=1S/C36H56O13/c1-30(16-39)19-6-8-31(2)20(32(19,3)26(45)24(43)25(30)44)7-10-35-15-36(31,35)12-11-34(9-5-17(13-37)33(4,47)28(34)35)29(46)49-27-23(42)22(41)21(40)18(14-38)48-27/h7,10,17-28,37-45,47H,5-6,8-9,11-16H2,1-4H3/t17-,18-,19+,20-,21-,22+,23-,24-,25+,26+,27+,28+,30-,31+,32-,33+,34-,35+,36+/m0/s1. The summed E-state index contributed by atoms with van der Waals surface area (Å²) < 4.78 is 11.4. The molecular weight excluding hydrogens is 640 g/mol. The van der Waals surface area contributed by atoms with Crippen LogP contribution in [0.5, 0.6) is 0 Å². The number of carbonyl (C=O) groups excluding carboxylic acids is 1. The highest BCUT2D eigenvalue weighted by atomic mass is 16.7. The van der Waals surface area contributed by atoms with Crippen LogP contribution < -0.4 is 0 Å². The fourth-order valence-electron chi connectivity index (χ4n) is 13.7. The zero-order chi connectivity index (χ0) is 35.9. The van der Waals surface area contributed by atoms with Gasteiger partial charge < -0.3 is 60.5 Å². The lowest BCUT2D eigenvalue weighted by Gasteiger charge is -2.70. The Balaban J connectivity index is 1.30. The van der Waals surface area contributed by atoms with Crippen LogP contribution in [0.2, 0.25) is 0 Å². The SMILES string of the molecule is C[C@@]1(O)[C@H](CO)CC[C@]2(C(=O)O[C@H]3O[C@@H](CO)[C@H](O)[C@@H](O)[C@@H]3O)CC[C@]34C[C@]3(C=C[C@@H]3[C@@]5(C)[C@H](O)[C@@H](O)[C@@H](O)[C@@](C)(CO)[C@H]5CC[C@]34C)[C@@H]21. The van der Waals surface area contributed by atoms with E-state index in [9.17, 15) is 55.9 Å². The van der Waals surface area contributed by atoms with Gasteiger partial charge in [-0.05, 0) is 74.5 Å². The third-order valence-corrected chi connectivity index (χ3v) is 16.3. The van der Waals surface area contributed by atoms with Gasteiger partial charge in [-0.2, -0.15) is 0 Å². The molecule has 13 nitrogen and oxygen atoms in total. The van der Waals surface area contributed by atoms with Gasteiger partial charge in [0.1, 0.15) is 30.5 Å². The summed E-state index contributed by atoms with van der Waals surface area (Å²) in [5, 5.41) is 109. The summed E-state index contributed by atoms with van der Waals surface area (Å²) in [6, 6.07) is 0. The van der Waals surface area contributed by atoms with Crippen LogP contribution >= 0.6 is 0 Å². The summed E-state index contributed by atoms with van der Waals surface area (Å²) in [6.45, 7) is 6.27. The van der Waals surface area contributed by atoms with Gasteiger partial charge >= 0.3 is 5.97 Å². The van der Waals surface area contributed by atoms with Gasteiger partial charge in [0, 0.05) is 34.7 Å².